The highest BCUT2D eigenvalue weighted by Crippen LogP contribution is 2.39. The summed E-state index contributed by atoms with van der Waals surface area (Å²) in [6.07, 6.45) is -1.17. The van der Waals surface area contributed by atoms with Crippen molar-refractivity contribution >= 4 is 34.7 Å². The third kappa shape index (κ3) is 5.98. The number of aromatic nitrogens is 1. The predicted molar refractivity (Wildman–Crippen MR) is 142 cm³/mol. The molecule has 0 saturated carbocycles. The van der Waals surface area contributed by atoms with Crippen LogP contribution in [0.1, 0.15) is 33.7 Å². The zero-order chi connectivity index (χ0) is 28.4. The second-order valence-corrected chi connectivity index (χ2v) is 9.43. The molecule has 5 rings (SSSR count). The lowest BCUT2D eigenvalue weighted by atomic mass is 9.99. The highest BCUT2D eigenvalue weighted by atomic mass is 19.4. The van der Waals surface area contributed by atoms with Crippen molar-refractivity contribution in [1.29, 1.82) is 0 Å². The van der Waals surface area contributed by atoms with Gasteiger partial charge in [0.1, 0.15) is 23.3 Å². The van der Waals surface area contributed by atoms with E-state index in [9.17, 15) is 27.2 Å². The molecular weight excluding hydrogens is 528 g/mol. The van der Waals surface area contributed by atoms with Gasteiger partial charge in [-0.1, -0.05) is 12.1 Å². The molecule has 3 heterocycles. The Morgan fingerprint density at radius 3 is 2.52 bits per heavy atom. The van der Waals surface area contributed by atoms with Crippen LogP contribution in [0, 0.1) is 0 Å². The fourth-order valence-corrected chi connectivity index (χ4v) is 4.48. The molecule has 1 saturated heterocycles. The van der Waals surface area contributed by atoms with Crippen molar-refractivity contribution < 1.29 is 31.6 Å². The standard InChI is InChI=1S/C29H24F4N4O3/c30-22-9-10-37(16-22)28(39)19-5-3-18(4-6-19)20-11-21-12-23(40-27(21)24(13-20)29(31,32)33)15-36-26(38)8-2-17-1-7-25(34)35-14-17/h1-8,11-14,22H,9-10,15-16H2,(H2,34,35)(H,36,38). The first-order chi connectivity index (χ1) is 19.1. The first-order valence-electron chi connectivity index (χ1n) is 12.4. The Morgan fingerprint density at radius 1 is 1.10 bits per heavy atom. The molecule has 0 aliphatic carbocycles. The molecule has 0 radical (unpaired) electrons. The van der Waals surface area contributed by atoms with Gasteiger partial charge >= 0.3 is 6.18 Å². The van der Waals surface area contributed by atoms with Gasteiger partial charge in [0.15, 0.2) is 0 Å². The molecule has 1 aliphatic rings. The number of amides is 2. The molecule has 0 bridgehead atoms. The number of fused-ring (bicyclic) bond motifs is 1. The minimum Gasteiger partial charge on any atom is -0.459 e. The van der Waals surface area contributed by atoms with Gasteiger partial charge in [0.25, 0.3) is 5.91 Å². The number of rotatable bonds is 6. The molecule has 1 unspecified atom stereocenters. The quantitative estimate of drug-likeness (QED) is 0.239. The molecule has 4 aromatic rings. The number of pyridine rings is 1. The minimum atomic E-state index is -4.70. The summed E-state index contributed by atoms with van der Waals surface area (Å²) in [6, 6.07) is 13.4. The number of hydrogen-bond donors (Lipinski definition) is 2. The molecule has 206 valence electrons. The van der Waals surface area contributed by atoms with Crippen LogP contribution in [0.15, 0.2) is 71.3 Å². The number of nitrogens with one attached hydrogen (secondary N) is 1. The minimum absolute atomic E-state index is 0.0336. The van der Waals surface area contributed by atoms with Crippen LogP contribution in [0.4, 0.5) is 23.4 Å². The number of furan rings is 1. The lowest BCUT2D eigenvalue weighted by Gasteiger charge is -2.15. The van der Waals surface area contributed by atoms with E-state index < -0.39 is 23.8 Å². The molecule has 11 heteroatoms. The van der Waals surface area contributed by atoms with E-state index in [1.807, 2.05) is 0 Å². The van der Waals surface area contributed by atoms with Gasteiger partial charge in [0.2, 0.25) is 5.91 Å². The second kappa shape index (κ2) is 10.8. The summed E-state index contributed by atoms with van der Waals surface area (Å²) in [6.45, 7) is 0.232. The average molecular weight is 553 g/mol. The number of nitrogens with two attached hydrogens (primary N) is 1. The van der Waals surface area contributed by atoms with E-state index in [-0.39, 0.29) is 41.3 Å². The molecule has 1 aliphatic heterocycles. The SMILES string of the molecule is Nc1ccc(C=CC(=O)NCc2cc3cc(-c4ccc(C(=O)N5CCC(F)C5)cc4)cc(C(F)(F)F)c3o2)cn1. The monoisotopic (exact) mass is 552 g/mol. The molecule has 1 atom stereocenters. The molecule has 1 fully saturated rings. The zero-order valence-corrected chi connectivity index (χ0v) is 21.0. The fraction of sp³-hybridized carbons (Fsp3) is 0.207. The molecule has 2 aromatic heterocycles. The molecule has 3 N–H and O–H groups in total. The van der Waals surface area contributed by atoms with Gasteiger partial charge in [-0.2, -0.15) is 13.2 Å². The average Bonchev–Trinajstić information content (AvgIpc) is 3.56. The lowest BCUT2D eigenvalue weighted by Crippen LogP contribution is -2.28. The van der Waals surface area contributed by atoms with Crippen LogP contribution in [0.25, 0.3) is 28.2 Å². The van der Waals surface area contributed by atoms with Crippen molar-refractivity contribution in [2.75, 3.05) is 18.8 Å². The summed E-state index contributed by atoms with van der Waals surface area (Å²) < 4.78 is 60.9. The van der Waals surface area contributed by atoms with Crippen LogP contribution in [-0.4, -0.2) is 41.0 Å². The van der Waals surface area contributed by atoms with Crippen LogP contribution in [-0.2, 0) is 17.5 Å². The highest BCUT2D eigenvalue weighted by molar-refractivity contribution is 5.95. The van der Waals surface area contributed by atoms with Gasteiger partial charge in [0, 0.05) is 29.8 Å². The van der Waals surface area contributed by atoms with Gasteiger partial charge in [-0.25, -0.2) is 9.37 Å². The Kier molecular flexibility index (Phi) is 7.29. The van der Waals surface area contributed by atoms with Gasteiger partial charge in [-0.15, -0.1) is 0 Å². The molecule has 40 heavy (non-hydrogen) atoms. The Bertz CT molecular complexity index is 1580. The van der Waals surface area contributed by atoms with E-state index in [4.69, 9.17) is 10.2 Å². The largest absolute Gasteiger partial charge is 0.459 e. The molecular formula is C29H24F4N4O3. The maximum atomic E-state index is 14.0. The van der Waals surface area contributed by atoms with Crippen molar-refractivity contribution in [3.63, 3.8) is 0 Å². The van der Waals surface area contributed by atoms with Crippen LogP contribution < -0.4 is 11.1 Å². The number of likely N-dealkylation sites (tertiary alicyclic amines) is 1. The molecule has 7 nitrogen and oxygen atoms in total. The highest BCUT2D eigenvalue weighted by Gasteiger charge is 2.35. The number of nitrogens with zero attached hydrogens (tertiary/aromatic N) is 2. The van der Waals surface area contributed by atoms with Gasteiger partial charge in [0.05, 0.1) is 18.7 Å². The van der Waals surface area contributed by atoms with Crippen molar-refractivity contribution in [1.82, 2.24) is 15.2 Å². The van der Waals surface area contributed by atoms with Crippen molar-refractivity contribution in [3.05, 3.63) is 89.3 Å². The number of carbonyl (C=O) groups excluding carboxylic acids is 2. The van der Waals surface area contributed by atoms with E-state index in [0.29, 0.717) is 35.5 Å². The van der Waals surface area contributed by atoms with Crippen molar-refractivity contribution in [2.24, 2.45) is 0 Å². The van der Waals surface area contributed by atoms with Crippen LogP contribution >= 0.6 is 0 Å². The van der Waals surface area contributed by atoms with Crippen LogP contribution in [0.3, 0.4) is 0 Å². The molecule has 0 spiro atoms. The lowest BCUT2D eigenvalue weighted by molar-refractivity contribution is -0.136. The summed E-state index contributed by atoms with van der Waals surface area (Å²) in [7, 11) is 0. The van der Waals surface area contributed by atoms with Crippen LogP contribution in [0.2, 0.25) is 0 Å². The summed E-state index contributed by atoms with van der Waals surface area (Å²) in [4.78, 5) is 30.1. The smallest absolute Gasteiger partial charge is 0.420 e. The fourth-order valence-electron chi connectivity index (χ4n) is 4.48. The van der Waals surface area contributed by atoms with Gasteiger partial charge in [-0.3, -0.25) is 9.59 Å². The number of halogens is 4. The van der Waals surface area contributed by atoms with E-state index in [1.54, 1.807) is 30.3 Å². The van der Waals surface area contributed by atoms with Crippen LogP contribution in [0.5, 0.6) is 0 Å². The number of benzene rings is 2. The van der Waals surface area contributed by atoms with E-state index in [0.717, 1.165) is 6.07 Å². The maximum absolute atomic E-state index is 14.0. The first kappa shape index (κ1) is 26.9. The van der Waals surface area contributed by atoms with Gasteiger partial charge in [-0.05, 0) is 71.7 Å². The van der Waals surface area contributed by atoms with Crippen molar-refractivity contribution in [3.8, 4) is 11.1 Å². The zero-order valence-electron chi connectivity index (χ0n) is 21.0. The third-order valence-electron chi connectivity index (χ3n) is 6.53. The summed E-state index contributed by atoms with van der Waals surface area (Å²) >= 11 is 0. The van der Waals surface area contributed by atoms with E-state index in [2.05, 4.69) is 10.3 Å². The summed E-state index contributed by atoms with van der Waals surface area (Å²) in [5.74, 6) is -0.305. The molecule has 2 amide bonds. The Labute approximate surface area is 226 Å². The number of anilines is 1. The Balaban J connectivity index is 1.35. The Morgan fingerprint density at radius 2 is 1.88 bits per heavy atom. The predicted octanol–water partition coefficient (Wildman–Crippen LogP) is 5.61. The Hall–Kier alpha value is -4.67. The topological polar surface area (TPSA) is 101 Å². The van der Waals surface area contributed by atoms with Gasteiger partial charge < -0.3 is 20.4 Å². The third-order valence-corrected chi connectivity index (χ3v) is 6.53. The van der Waals surface area contributed by atoms with E-state index in [1.165, 1.54) is 41.4 Å². The summed E-state index contributed by atoms with van der Waals surface area (Å²) in [5.41, 5.74) is 5.95. The maximum Gasteiger partial charge on any atom is 0.420 e. The number of nitrogen functional groups attached to an aromatic ring is 1. The first-order valence-corrected chi connectivity index (χ1v) is 12.4. The number of carbonyl (C=O) groups is 2. The number of hydrogen-bond acceptors (Lipinski definition) is 5. The molecule has 2 aromatic carbocycles. The number of alkyl halides is 4. The van der Waals surface area contributed by atoms with Crippen molar-refractivity contribution in [2.45, 2.75) is 25.3 Å². The second-order valence-electron chi connectivity index (χ2n) is 9.43. The normalized spacial score (nSPS) is 15.7. The summed E-state index contributed by atoms with van der Waals surface area (Å²) in [5, 5.41) is 2.80. The van der Waals surface area contributed by atoms with E-state index >= 15 is 0 Å².